The number of carbonyl (C=O) groups is 4. The molecule has 2 fully saturated rings. The lowest BCUT2D eigenvalue weighted by Gasteiger charge is -2.30. The van der Waals surface area contributed by atoms with Crippen LogP contribution in [0.3, 0.4) is 0 Å². The van der Waals surface area contributed by atoms with Crippen molar-refractivity contribution in [1.82, 2.24) is 20.5 Å². The minimum Gasteiger partial charge on any atom is -0.497 e. The van der Waals surface area contributed by atoms with E-state index in [1.54, 1.807) is 27.9 Å². The molecular formula is C39H46N4O8. The molecule has 3 heterocycles. The van der Waals surface area contributed by atoms with Crippen LogP contribution in [0.25, 0.3) is 22.2 Å². The second-order valence-electron chi connectivity index (χ2n) is 14.6. The van der Waals surface area contributed by atoms with Gasteiger partial charge in [0.1, 0.15) is 40.8 Å². The summed E-state index contributed by atoms with van der Waals surface area (Å²) in [5.74, 6) is -1.35. The summed E-state index contributed by atoms with van der Waals surface area (Å²) in [5, 5.41) is 16.5. The van der Waals surface area contributed by atoms with Crippen molar-refractivity contribution >= 4 is 34.8 Å². The van der Waals surface area contributed by atoms with Crippen molar-refractivity contribution < 1.29 is 38.5 Å². The van der Waals surface area contributed by atoms with Crippen LogP contribution < -0.4 is 20.1 Å². The van der Waals surface area contributed by atoms with Crippen LogP contribution in [0.5, 0.6) is 11.5 Å². The van der Waals surface area contributed by atoms with Crippen molar-refractivity contribution in [1.29, 1.82) is 0 Å². The Morgan fingerprint density at radius 2 is 1.84 bits per heavy atom. The number of rotatable bonds is 6. The van der Waals surface area contributed by atoms with E-state index in [1.807, 2.05) is 66.7 Å². The fourth-order valence-electron chi connectivity index (χ4n) is 6.93. The summed E-state index contributed by atoms with van der Waals surface area (Å²) in [5.41, 5.74) is -0.0312. The lowest BCUT2D eigenvalue weighted by molar-refractivity contribution is -0.145. The zero-order chi connectivity index (χ0) is 36.3. The van der Waals surface area contributed by atoms with E-state index in [0.29, 0.717) is 35.6 Å². The van der Waals surface area contributed by atoms with Crippen molar-refractivity contribution in [3.8, 4) is 22.8 Å². The van der Waals surface area contributed by atoms with Gasteiger partial charge in [-0.2, -0.15) is 0 Å². The molecule has 270 valence electrons. The summed E-state index contributed by atoms with van der Waals surface area (Å²) < 4.78 is 17.6. The standard InChI is InChI=1S/C39H46N4O8/c1-38(2,3)51-37(48)41-29-16-12-7-5-6-11-15-25-22-39(25,36(46)47)42-34(44)32-20-27(23-43(32)35(29)45)50-33-21-30(24-13-9-8-10-14-24)40-31-19-26(49-4)17-18-28(31)33/h8-11,13-15,17-19,21,25,27,29,32H,5-7,12,16,20,22-23H2,1-4H3,(H,41,48)(H,42,44)(H,46,47)/b15-11-/t25?,27-,29+,32+,39-/m1/s1. The summed E-state index contributed by atoms with van der Waals surface area (Å²) in [6.07, 6.45) is 6.22. The Balaban J connectivity index is 1.34. The van der Waals surface area contributed by atoms with Gasteiger partial charge in [-0.05, 0) is 58.6 Å². The molecule has 0 spiro atoms. The average molecular weight is 699 g/mol. The summed E-state index contributed by atoms with van der Waals surface area (Å²) in [6, 6.07) is 15.0. The van der Waals surface area contributed by atoms with E-state index in [0.717, 1.165) is 30.2 Å². The Morgan fingerprint density at radius 1 is 1.06 bits per heavy atom. The number of alkyl carbamates (subject to hydrolysis) is 1. The smallest absolute Gasteiger partial charge is 0.408 e. The number of benzene rings is 2. The Morgan fingerprint density at radius 3 is 2.57 bits per heavy atom. The number of carboxylic acids is 1. The van der Waals surface area contributed by atoms with E-state index in [-0.39, 0.29) is 25.3 Å². The highest BCUT2D eigenvalue weighted by atomic mass is 16.6. The van der Waals surface area contributed by atoms with Crippen LogP contribution in [0.4, 0.5) is 4.79 Å². The number of carbonyl (C=O) groups excluding carboxylic acids is 3. The molecule has 5 atom stereocenters. The molecule has 12 nitrogen and oxygen atoms in total. The number of ether oxygens (including phenoxy) is 3. The number of aliphatic carboxylic acids is 1. The van der Waals surface area contributed by atoms with E-state index in [4.69, 9.17) is 19.2 Å². The highest BCUT2D eigenvalue weighted by Gasteiger charge is 2.61. The molecule has 0 bridgehead atoms. The molecule has 12 heteroatoms. The number of hydrogen-bond donors (Lipinski definition) is 3. The molecule has 1 unspecified atom stereocenters. The molecular weight excluding hydrogens is 652 g/mol. The molecule has 3 aliphatic rings. The minimum absolute atomic E-state index is 0.0352. The molecule has 2 aliphatic heterocycles. The number of pyridine rings is 1. The van der Waals surface area contributed by atoms with E-state index in [1.165, 1.54) is 4.90 Å². The number of hydrogen-bond acceptors (Lipinski definition) is 8. The van der Waals surface area contributed by atoms with Gasteiger partial charge >= 0.3 is 12.1 Å². The van der Waals surface area contributed by atoms with Gasteiger partial charge in [-0.3, -0.25) is 9.59 Å². The van der Waals surface area contributed by atoms with Crippen molar-refractivity contribution in [3.63, 3.8) is 0 Å². The van der Waals surface area contributed by atoms with Crippen LogP contribution in [-0.4, -0.2) is 81.8 Å². The topological polar surface area (TPSA) is 156 Å². The van der Waals surface area contributed by atoms with E-state index >= 15 is 0 Å². The minimum atomic E-state index is -1.44. The number of carboxylic acid groups (broad SMARTS) is 1. The van der Waals surface area contributed by atoms with Crippen molar-refractivity contribution in [2.24, 2.45) is 5.92 Å². The van der Waals surface area contributed by atoms with Gasteiger partial charge in [0, 0.05) is 35.4 Å². The third kappa shape index (κ3) is 8.10. The molecule has 1 saturated carbocycles. The number of nitrogens with zero attached hydrogens (tertiary/aromatic N) is 2. The Bertz CT molecular complexity index is 1820. The molecule has 6 rings (SSSR count). The predicted molar refractivity (Wildman–Crippen MR) is 190 cm³/mol. The Kier molecular flexibility index (Phi) is 10.2. The second kappa shape index (κ2) is 14.6. The number of amides is 3. The first-order valence-electron chi connectivity index (χ1n) is 17.6. The molecule has 2 aromatic carbocycles. The van der Waals surface area contributed by atoms with Gasteiger partial charge in [-0.1, -0.05) is 55.3 Å². The largest absolute Gasteiger partial charge is 0.497 e. The zero-order valence-corrected chi connectivity index (χ0v) is 29.5. The van der Waals surface area contributed by atoms with Gasteiger partial charge in [0.15, 0.2) is 0 Å². The Labute approximate surface area is 297 Å². The van der Waals surface area contributed by atoms with Crippen molar-refractivity contribution in [3.05, 3.63) is 66.7 Å². The molecule has 1 aliphatic carbocycles. The lowest BCUT2D eigenvalue weighted by atomic mass is 10.0. The first-order valence-corrected chi connectivity index (χ1v) is 17.6. The third-order valence-corrected chi connectivity index (χ3v) is 9.65. The first kappa shape index (κ1) is 35.7. The van der Waals surface area contributed by atoms with Crippen molar-refractivity contribution in [2.45, 2.75) is 95.0 Å². The maximum atomic E-state index is 14.4. The van der Waals surface area contributed by atoms with E-state index in [2.05, 4.69) is 10.6 Å². The number of fused-ring (bicyclic) bond motifs is 3. The van der Waals surface area contributed by atoms with Crippen LogP contribution in [0.1, 0.15) is 65.7 Å². The molecule has 1 saturated heterocycles. The van der Waals surface area contributed by atoms with Crippen molar-refractivity contribution in [2.75, 3.05) is 13.7 Å². The van der Waals surface area contributed by atoms with Gasteiger partial charge in [-0.15, -0.1) is 0 Å². The van der Waals surface area contributed by atoms with Gasteiger partial charge in [0.25, 0.3) is 0 Å². The quantitative estimate of drug-likeness (QED) is 0.278. The van der Waals surface area contributed by atoms with Crippen LogP contribution >= 0.6 is 0 Å². The predicted octanol–water partition coefficient (Wildman–Crippen LogP) is 5.63. The fourth-order valence-corrected chi connectivity index (χ4v) is 6.93. The third-order valence-electron chi connectivity index (χ3n) is 9.65. The maximum Gasteiger partial charge on any atom is 0.408 e. The van der Waals surface area contributed by atoms with Gasteiger partial charge in [0.2, 0.25) is 11.8 Å². The maximum absolute atomic E-state index is 14.4. The molecule has 3 aromatic rings. The normalized spacial score (nSPS) is 26.1. The Hall–Kier alpha value is -5.13. The van der Waals surface area contributed by atoms with Gasteiger partial charge < -0.3 is 34.9 Å². The average Bonchev–Trinajstić information content (AvgIpc) is 3.63. The van der Waals surface area contributed by atoms with Crippen LogP contribution in [0.2, 0.25) is 0 Å². The second-order valence-corrected chi connectivity index (χ2v) is 14.6. The molecule has 51 heavy (non-hydrogen) atoms. The molecule has 1 aromatic heterocycles. The zero-order valence-electron chi connectivity index (χ0n) is 29.5. The fraction of sp³-hybridized carbons (Fsp3) is 0.462. The summed E-state index contributed by atoms with van der Waals surface area (Å²) in [7, 11) is 1.58. The monoisotopic (exact) mass is 698 g/mol. The van der Waals surface area contributed by atoms with Crippen LogP contribution in [0.15, 0.2) is 66.7 Å². The van der Waals surface area contributed by atoms with Crippen LogP contribution in [-0.2, 0) is 19.1 Å². The SMILES string of the molecule is COc1ccc2c(O[C@@H]3C[C@H]4C(=O)N[C@]5(C(=O)O)CC5/C=C\CCCCC[C@H](NC(=O)OC(C)(C)C)C(=O)N4C3)cc(-c3ccccc3)nc2c1. The van der Waals surface area contributed by atoms with Gasteiger partial charge in [-0.25, -0.2) is 14.6 Å². The first-order chi connectivity index (χ1) is 24.4. The summed E-state index contributed by atoms with van der Waals surface area (Å²) in [4.78, 5) is 60.2. The molecule has 3 amide bonds. The number of nitrogens with one attached hydrogen (secondary N) is 2. The van der Waals surface area contributed by atoms with E-state index in [9.17, 15) is 24.3 Å². The van der Waals surface area contributed by atoms with Gasteiger partial charge in [0.05, 0.1) is 24.9 Å². The van der Waals surface area contributed by atoms with Crippen LogP contribution in [0, 0.1) is 5.92 Å². The number of aromatic nitrogens is 1. The number of allylic oxidation sites excluding steroid dienone is 1. The summed E-state index contributed by atoms with van der Waals surface area (Å²) in [6.45, 7) is 5.26. The molecule has 0 radical (unpaired) electrons. The summed E-state index contributed by atoms with van der Waals surface area (Å²) >= 11 is 0. The highest BCUT2D eigenvalue weighted by molar-refractivity contribution is 5.96. The highest BCUT2D eigenvalue weighted by Crippen LogP contribution is 2.45. The lowest BCUT2D eigenvalue weighted by Crippen LogP contribution is -2.56. The van der Waals surface area contributed by atoms with E-state index < -0.39 is 53.2 Å². The molecule has 3 N–H and O–H groups in total. The number of methoxy groups -OCH3 is 1.